The molecule has 0 aliphatic rings. The standard InChI is InChI=1S/C13H18O2.C2H6OS/c1-9(2)8-11-4-6-12(7-5-11)10(3)13(14)15;1-4(2)3/h4-7,9-10H,8H2,1-3H3,(H,14,15);1-2H3. The van der Waals surface area contributed by atoms with Crippen molar-refractivity contribution in [3.63, 3.8) is 0 Å². The SMILES string of the molecule is CC(C)Cc1ccc(C(C)C(=O)O)cc1.C[S+](C)[O-]. The number of hydrogen-bond acceptors (Lipinski definition) is 2. The van der Waals surface area contributed by atoms with E-state index < -0.39 is 23.1 Å². The molecule has 19 heavy (non-hydrogen) atoms. The normalized spacial score (nSPS) is 12.0. The predicted octanol–water partition coefficient (Wildman–Crippen LogP) is 3.07. The summed E-state index contributed by atoms with van der Waals surface area (Å²) < 4.78 is 9.56. The van der Waals surface area contributed by atoms with Crippen molar-refractivity contribution in [1.29, 1.82) is 0 Å². The van der Waals surface area contributed by atoms with Crippen molar-refractivity contribution in [2.75, 3.05) is 12.5 Å². The molecule has 0 bridgehead atoms. The van der Waals surface area contributed by atoms with Crippen LogP contribution >= 0.6 is 0 Å². The maximum Gasteiger partial charge on any atom is 0.310 e. The van der Waals surface area contributed by atoms with E-state index in [1.54, 1.807) is 19.4 Å². The lowest BCUT2D eigenvalue weighted by Crippen LogP contribution is -2.07. The summed E-state index contributed by atoms with van der Waals surface area (Å²) in [6.45, 7) is 6.06. The van der Waals surface area contributed by atoms with Gasteiger partial charge in [-0.15, -0.1) is 0 Å². The quantitative estimate of drug-likeness (QED) is 0.864. The van der Waals surface area contributed by atoms with E-state index in [0.717, 1.165) is 12.0 Å². The molecular formula is C15H24O3S. The fraction of sp³-hybridized carbons (Fsp3) is 0.533. The van der Waals surface area contributed by atoms with Gasteiger partial charge < -0.3 is 9.66 Å². The molecule has 0 heterocycles. The summed E-state index contributed by atoms with van der Waals surface area (Å²) in [5.41, 5.74) is 2.14. The van der Waals surface area contributed by atoms with Crippen LogP contribution in [0.25, 0.3) is 0 Å². The van der Waals surface area contributed by atoms with Gasteiger partial charge in [-0.2, -0.15) is 0 Å². The molecule has 1 rings (SSSR count). The minimum Gasteiger partial charge on any atom is -0.617 e. The van der Waals surface area contributed by atoms with Crippen molar-refractivity contribution >= 4 is 17.1 Å². The van der Waals surface area contributed by atoms with Crippen molar-refractivity contribution < 1.29 is 14.5 Å². The van der Waals surface area contributed by atoms with Crippen LogP contribution in [-0.2, 0) is 22.4 Å². The van der Waals surface area contributed by atoms with Gasteiger partial charge in [-0.3, -0.25) is 4.79 Å². The summed E-state index contributed by atoms with van der Waals surface area (Å²) in [6.07, 6.45) is 4.32. The van der Waals surface area contributed by atoms with E-state index in [9.17, 15) is 9.35 Å². The average Bonchev–Trinajstić information content (AvgIpc) is 2.27. The monoisotopic (exact) mass is 284 g/mol. The summed E-state index contributed by atoms with van der Waals surface area (Å²) in [4.78, 5) is 10.8. The molecule has 0 amide bonds. The average molecular weight is 284 g/mol. The maximum atomic E-state index is 10.8. The Hall–Kier alpha value is -1.00. The number of benzene rings is 1. The molecule has 3 nitrogen and oxygen atoms in total. The first-order valence-corrected chi connectivity index (χ1v) is 8.27. The van der Waals surface area contributed by atoms with Crippen LogP contribution in [-0.4, -0.2) is 28.1 Å². The summed E-state index contributed by atoms with van der Waals surface area (Å²) in [5, 5.41) is 8.85. The van der Waals surface area contributed by atoms with E-state index in [2.05, 4.69) is 13.8 Å². The third-order valence-electron chi connectivity index (χ3n) is 2.49. The van der Waals surface area contributed by atoms with Gasteiger partial charge in [-0.25, -0.2) is 0 Å². The second kappa shape index (κ2) is 8.99. The van der Waals surface area contributed by atoms with Crippen LogP contribution in [0.15, 0.2) is 24.3 Å². The third kappa shape index (κ3) is 8.67. The van der Waals surface area contributed by atoms with Crippen molar-refractivity contribution in [3.05, 3.63) is 35.4 Å². The Morgan fingerprint density at radius 1 is 1.21 bits per heavy atom. The van der Waals surface area contributed by atoms with Crippen LogP contribution in [0.4, 0.5) is 0 Å². The van der Waals surface area contributed by atoms with Gasteiger partial charge in [0.05, 0.1) is 18.4 Å². The van der Waals surface area contributed by atoms with Gasteiger partial charge in [0.2, 0.25) is 0 Å². The zero-order chi connectivity index (χ0) is 15.0. The van der Waals surface area contributed by atoms with E-state index >= 15 is 0 Å². The fourth-order valence-electron chi connectivity index (χ4n) is 1.56. The van der Waals surface area contributed by atoms with Crippen molar-refractivity contribution in [1.82, 2.24) is 0 Å². The maximum absolute atomic E-state index is 10.8. The summed E-state index contributed by atoms with van der Waals surface area (Å²) in [6, 6.07) is 7.87. The second-order valence-corrected chi connectivity index (χ2v) is 6.62. The first-order chi connectivity index (χ1) is 8.73. The Bertz CT molecular complexity index is 369. The van der Waals surface area contributed by atoms with E-state index in [0.29, 0.717) is 5.92 Å². The predicted molar refractivity (Wildman–Crippen MR) is 81.0 cm³/mol. The molecule has 0 radical (unpaired) electrons. The molecule has 0 aliphatic carbocycles. The number of carboxylic acid groups (broad SMARTS) is 1. The minimum absolute atomic E-state index is 0.418. The molecule has 0 saturated heterocycles. The number of carbonyl (C=O) groups is 1. The van der Waals surface area contributed by atoms with Gasteiger partial charge >= 0.3 is 5.97 Å². The summed E-state index contributed by atoms with van der Waals surface area (Å²) in [7, 11) is 0. The van der Waals surface area contributed by atoms with Crippen molar-refractivity contribution in [2.45, 2.75) is 33.1 Å². The van der Waals surface area contributed by atoms with Crippen molar-refractivity contribution in [3.8, 4) is 0 Å². The number of aliphatic carboxylic acids is 1. The van der Waals surface area contributed by atoms with Crippen LogP contribution < -0.4 is 0 Å². The lowest BCUT2D eigenvalue weighted by Gasteiger charge is -2.09. The van der Waals surface area contributed by atoms with Crippen molar-refractivity contribution in [2.24, 2.45) is 5.92 Å². The molecule has 1 aromatic carbocycles. The Labute approximate surface area is 119 Å². The highest BCUT2D eigenvalue weighted by atomic mass is 32.2. The first-order valence-electron chi connectivity index (χ1n) is 6.30. The third-order valence-corrected chi connectivity index (χ3v) is 2.49. The first kappa shape index (κ1) is 18.0. The molecule has 4 heteroatoms. The fourth-order valence-corrected chi connectivity index (χ4v) is 1.56. The van der Waals surface area contributed by atoms with Gasteiger partial charge in [0.15, 0.2) is 0 Å². The molecule has 1 atom stereocenters. The van der Waals surface area contributed by atoms with Gasteiger partial charge in [0.25, 0.3) is 0 Å². The molecule has 0 aliphatic heterocycles. The van der Waals surface area contributed by atoms with E-state index in [1.165, 1.54) is 5.56 Å². The molecule has 0 aromatic heterocycles. The van der Waals surface area contributed by atoms with E-state index in [4.69, 9.17) is 5.11 Å². The highest BCUT2D eigenvalue weighted by molar-refractivity contribution is 7.89. The Morgan fingerprint density at radius 3 is 1.95 bits per heavy atom. The molecule has 1 aromatic rings. The molecule has 1 unspecified atom stereocenters. The number of hydrogen-bond donors (Lipinski definition) is 1. The second-order valence-electron chi connectivity index (χ2n) is 5.14. The minimum atomic E-state index is -0.772. The molecule has 108 valence electrons. The molecule has 0 fully saturated rings. The van der Waals surface area contributed by atoms with E-state index in [-0.39, 0.29) is 0 Å². The van der Waals surface area contributed by atoms with Crippen LogP contribution in [0.2, 0.25) is 0 Å². The molecule has 0 spiro atoms. The summed E-state index contributed by atoms with van der Waals surface area (Å²) in [5.74, 6) is -0.558. The zero-order valence-electron chi connectivity index (χ0n) is 12.3. The van der Waals surface area contributed by atoms with Gasteiger partial charge in [0, 0.05) is 0 Å². The van der Waals surface area contributed by atoms with Crippen LogP contribution in [0.1, 0.15) is 37.8 Å². The van der Waals surface area contributed by atoms with E-state index in [1.807, 2.05) is 24.3 Å². The summed E-state index contributed by atoms with van der Waals surface area (Å²) >= 11 is -0.611. The van der Waals surface area contributed by atoms with Gasteiger partial charge in [0.1, 0.15) is 0 Å². The molecular weight excluding hydrogens is 260 g/mol. The molecule has 1 N–H and O–H groups in total. The highest BCUT2D eigenvalue weighted by Gasteiger charge is 2.12. The Balaban J connectivity index is 0.000000711. The van der Waals surface area contributed by atoms with Crippen LogP contribution in [0.3, 0.4) is 0 Å². The number of rotatable bonds is 4. The highest BCUT2D eigenvalue weighted by Crippen LogP contribution is 2.17. The topological polar surface area (TPSA) is 60.4 Å². The smallest absolute Gasteiger partial charge is 0.310 e. The largest absolute Gasteiger partial charge is 0.617 e. The lowest BCUT2D eigenvalue weighted by atomic mass is 9.97. The van der Waals surface area contributed by atoms with Gasteiger partial charge in [-0.05, 0) is 30.4 Å². The number of carboxylic acids is 1. The lowest BCUT2D eigenvalue weighted by molar-refractivity contribution is -0.138. The van der Waals surface area contributed by atoms with Crippen LogP contribution in [0, 0.1) is 5.92 Å². The zero-order valence-corrected chi connectivity index (χ0v) is 13.2. The Morgan fingerprint density at radius 2 is 1.63 bits per heavy atom. The molecule has 0 saturated carbocycles. The van der Waals surface area contributed by atoms with Gasteiger partial charge in [-0.1, -0.05) is 49.3 Å². The Kier molecular flexibility index (Phi) is 8.52. The van der Waals surface area contributed by atoms with Crippen LogP contribution in [0.5, 0.6) is 0 Å².